The van der Waals surface area contributed by atoms with Gasteiger partial charge in [-0.2, -0.15) is 5.10 Å². The highest BCUT2D eigenvalue weighted by Crippen LogP contribution is 2.20. The zero-order valence-electron chi connectivity index (χ0n) is 10.5. The summed E-state index contributed by atoms with van der Waals surface area (Å²) in [5.74, 6) is -1.67. The number of aromatic nitrogens is 3. The first-order valence-electron chi connectivity index (χ1n) is 5.89. The van der Waals surface area contributed by atoms with Gasteiger partial charge in [0.1, 0.15) is 5.82 Å². The molecule has 0 atom stereocenters. The van der Waals surface area contributed by atoms with E-state index in [4.69, 9.17) is 0 Å². The molecule has 0 spiro atoms. The van der Waals surface area contributed by atoms with E-state index in [1.165, 1.54) is 22.7 Å². The molecular formula is C14H9FN3O2-. The number of aryl methyl sites for hydroxylation is 1. The fourth-order valence-electron chi connectivity index (χ4n) is 2.01. The summed E-state index contributed by atoms with van der Waals surface area (Å²) in [4.78, 5) is 15.3. The largest absolute Gasteiger partial charge is 0.543 e. The van der Waals surface area contributed by atoms with Gasteiger partial charge in [-0.05, 0) is 37.3 Å². The van der Waals surface area contributed by atoms with Crippen LogP contribution in [-0.2, 0) is 0 Å². The van der Waals surface area contributed by atoms with E-state index in [9.17, 15) is 14.3 Å². The van der Waals surface area contributed by atoms with Crippen LogP contribution in [-0.4, -0.2) is 20.6 Å². The van der Waals surface area contributed by atoms with Gasteiger partial charge in [-0.1, -0.05) is 0 Å². The lowest BCUT2D eigenvalue weighted by atomic mass is 10.1. The maximum absolute atomic E-state index is 12.9. The minimum absolute atomic E-state index is 0.0686. The normalized spacial score (nSPS) is 10.9. The maximum Gasteiger partial charge on any atom is 0.156 e. The number of carbonyl (C=O) groups is 1. The van der Waals surface area contributed by atoms with E-state index in [1.54, 1.807) is 25.1 Å². The molecule has 0 aliphatic carbocycles. The molecule has 20 heavy (non-hydrogen) atoms. The third kappa shape index (κ3) is 2.01. The van der Waals surface area contributed by atoms with E-state index >= 15 is 0 Å². The van der Waals surface area contributed by atoms with Crippen molar-refractivity contribution in [3.63, 3.8) is 0 Å². The molecule has 5 nitrogen and oxygen atoms in total. The van der Waals surface area contributed by atoms with Gasteiger partial charge in [0.05, 0.1) is 17.4 Å². The molecule has 0 unspecified atom stereocenters. The van der Waals surface area contributed by atoms with Crippen molar-refractivity contribution in [1.82, 2.24) is 14.6 Å². The van der Waals surface area contributed by atoms with Crippen molar-refractivity contribution in [3.8, 4) is 11.3 Å². The second kappa shape index (κ2) is 4.41. The van der Waals surface area contributed by atoms with Crippen molar-refractivity contribution >= 4 is 11.6 Å². The fraction of sp³-hybridized carbons (Fsp3) is 0.0714. The van der Waals surface area contributed by atoms with Crippen LogP contribution in [0.3, 0.4) is 0 Å². The lowest BCUT2D eigenvalue weighted by Crippen LogP contribution is -2.25. The molecule has 0 fully saturated rings. The number of carboxylic acid groups (broad SMARTS) is 1. The van der Waals surface area contributed by atoms with Crippen LogP contribution in [0.5, 0.6) is 0 Å². The van der Waals surface area contributed by atoms with Gasteiger partial charge in [-0.15, -0.1) is 0 Å². The van der Waals surface area contributed by atoms with Crippen LogP contribution in [0.1, 0.15) is 16.2 Å². The Morgan fingerprint density at radius 3 is 2.60 bits per heavy atom. The number of fused-ring (bicyclic) bond motifs is 1. The minimum atomic E-state index is -1.32. The Morgan fingerprint density at radius 2 is 1.95 bits per heavy atom. The quantitative estimate of drug-likeness (QED) is 0.701. The van der Waals surface area contributed by atoms with Crippen LogP contribution in [0.2, 0.25) is 0 Å². The van der Waals surface area contributed by atoms with Gasteiger partial charge < -0.3 is 9.90 Å². The summed E-state index contributed by atoms with van der Waals surface area (Å²) in [6.45, 7) is 1.69. The number of aromatic carboxylic acids is 1. The monoisotopic (exact) mass is 270 g/mol. The zero-order valence-corrected chi connectivity index (χ0v) is 10.5. The molecule has 0 saturated carbocycles. The number of carboxylic acids is 1. The number of nitrogens with zero attached hydrogens (tertiary/aromatic N) is 3. The van der Waals surface area contributed by atoms with Gasteiger partial charge in [0.15, 0.2) is 5.65 Å². The molecule has 3 aromatic rings. The van der Waals surface area contributed by atoms with Gasteiger partial charge >= 0.3 is 0 Å². The van der Waals surface area contributed by atoms with Crippen LogP contribution in [0, 0.1) is 12.7 Å². The summed E-state index contributed by atoms with van der Waals surface area (Å²) in [6.07, 6.45) is 0. The standard InChI is InChI=1S/C14H10FN3O2/c1-8-6-12(14(19)20)18-13(16-8)7-11(17-18)9-2-4-10(15)5-3-9/h2-7H,1H3,(H,19,20)/p-1. The molecule has 0 amide bonds. The SMILES string of the molecule is Cc1cc(C(=O)[O-])n2nc(-c3ccc(F)cc3)cc2n1. The Bertz CT molecular complexity index is 809. The third-order valence-corrected chi connectivity index (χ3v) is 2.90. The molecule has 0 aliphatic heterocycles. The van der Waals surface area contributed by atoms with Gasteiger partial charge in [0.25, 0.3) is 0 Å². The molecule has 100 valence electrons. The fourth-order valence-corrected chi connectivity index (χ4v) is 2.01. The lowest BCUT2D eigenvalue weighted by Gasteiger charge is -2.05. The Balaban J connectivity index is 2.22. The summed E-state index contributed by atoms with van der Waals surface area (Å²) < 4.78 is 14.1. The van der Waals surface area contributed by atoms with Crippen LogP contribution in [0.25, 0.3) is 16.9 Å². The van der Waals surface area contributed by atoms with Crippen molar-refractivity contribution in [2.75, 3.05) is 0 Å². The first-order chi connectivity index (χ1) is 9.54. The number of benzene rings is 1. The molecule has 0 radical (unpaired) electrons. The van der Waals surface area contributed by atoms with Gasteiger partial charge in [0, 0.05) is 17.3 Å². The molecule has 2 heterocycles. The van der Waals surface area contributed by atoms with Gasteiger partial charge in [-0.3, -0.25) is 0 Å². The van der Waals surface area contributed by atoms with Crippen molar-refractivity contribution < 1.29 is 14.3 Å². The van der Waals surface area contributed by atoms with Crippen LogP contribution in [0.15, 0.2) is 36.4 Å². The smallest absolute Gasteiger partial charge is 0.156 e. The number of hydrogen-bond acceptors (Lipinski definition) is 4. The predicted octanol–water partition coefficient (Wildman–Crippen LogP) is 1.21. The molecule has 0 bridgehead atoms. The Labute approximate surface area is 113 Å². The molecule has 0 aliphatic rings. The number of carbonyl (C=O) groups excluding carboxylic acids is 1. The first-order valence-corrected chi connectivity index (χ1v) is 5.89. The van der Waals surface area contributed by atoms with E-state index in [0.29, 0.717) is 22.6 Å². The number of hydrogen-bond donors (Lipinski definition) is 0. The first kappa shape index (κ1) is 12.3. The molecule has 3 rings (SSSR count). The molecule has 6 heteroatoms. The Hall–Kier alpha value is -2.76. The van der Waals surface area contributed by atoms with Crippen molar-refractivity contribution in [2.24, 2.45) is 0 Å². The lowest BCUT2D eigenvalue weighted by molar-refractivity contribution is -0.255. The summed E-state index contributed by atoms with van der Waals surface area (Å²) in [7, 11) is 0. The Morgan fingerprint density at radius 1 is 1.25 bits per heavy atom. The summed E-state index contributed by atoms with van der Waals surface area (Å²) in [5, 5.41) is 15.3. The Kier molecular flexibility index (Phi) is 2.71. The second-order valence-electron chi connectivity index (χ2n) is 4.38. The molecule has 0 saturated heterocycles. The van der Waals surface area contributed by atoms with E-state index in [1.807, 2.05) is 0 Å². The highest BCUT2D eigenvalue weighted by atomic mass is 19.1. The number of rotatable bonds is 2. The zero-order chi connectivity index (χ0) is 14.3. The minimum Gasteiger partial charge on any atom is -0.543 e. The van der Waals surface area contributed by atoms with E-state index < -0.39 is 5.97 Å². The molecule has 1 aromatic carbocycles. The molecule has 0 N–H and O–H groups in total. The summed E-state index contributed by atoms with van der Waals surface area (Å²) >= 11 is 0. The van der Waals surface area contributed by atoms with Crippen LogP contribution >= 0.6 is 0 Å². The van der Waals surface area contributed by atoms with E-state index in [0.717, 1.165) is 0 Å². The van der Waals surface area contributed by atoms with E-state index in [-0.39, 0.29) is 11.5 Å². The molecular weight excluding hydrogens is 261 g/mol. The average Bonchev–Trinajstić information content (AvgIpc) is 2.81. The van der Waals surface area contributed by atoms with Crippen molar-refractivity contribution in [1.29, 1.82) is 0 Å². The molecule has 2 aromatic heterocycles. The summed E-state index contributed by atoms with van der Waals surface area (Å²) in [6, 6.07) is 8.82. The van der Waals surface area contributed by atoms with Crippen molar-refractivity contribution in [3.05, 3.63) is 53.6 Å². The third-order valence-electron chi connectivity index (χ3n) is 2.90. The highest BCUT2D eigenvalue weighted by molar-refractivity contribution is 5.85. The van der Waals surface area contributed by atoms with Crippen LogP contribution in [0.4, 0.5) is 4.39 Å². The van der Waals surface area contributed by atoms with Gasteiger partial charge in [-0.25, -0.2) is 13.9 Å². The summed E-state index contributed by atoms with van der Waals surface area (Å²) in [5.41, 5.74) is 2.09. The second-order valence-corrected chi connectivity index (χ2v) is 4.38. The van der Waals surface area contributed by atoms with Crippen molar-refractivity contribution in [2.45, 2.75) is 6.92 Å². The highest BCUT2D eigenvalue weighted by Gasteiger charge is 2.10. The van der Waals surface area contributed by atoms with E-state index in [2.05, 4.69) is 10.1 Å². The average molecular weight is 270 g/mol. The predicted molar refractivity (Wildman–Crippen MR) is 67.4 cm³/mol. The number of halogens is 1. The van der Waals surface area contributed by atoms with Crippen LogP contribution < -0.4 is 5.11 Å². The topological polar surface area (TPSA) is 70.3 Å². The van der Waals surface area contributed by atoms with Gasteiger partial charge in [0.2, 0.25) is 0 Å². The maximum atomic E-state index is 12.9.